The van der Waals surface area contributed by atoms with Gasteiger partial charge in [-0.3, -0.25) is 19.2 Å². The van der Waals surface area contributed by atoms with Gasteiger partial charge in [0.05, 0.1) is 30.7 Å². The predicted octanol–water partition coefficient (Wildman–Crippen LogP) is 4.04. The Balaban J connectivity index is 1.65. The fraction of sp³-hybridized carbons (Fsp3) is 0.622. The highest BCUT2D eigenvalue weighted by atomic mass is 16.6. The van der Waals surface area contributed by atoms with E-state index in [0.29, 0.717) is 19.4 Å². The van der Waals surface area contributed by atoms with Crippen molar-refractivity contribution < 1.29 is 33.8 Å². The van der Waals surface area contributed by atoms with Gasteiger partial charge in [-0.25, -0.2) is 0 Å². The molecule has 2 fully saturated rings. The third-order valence-electron chi connectivity index (χ3n) is 11.0. The Morgan fingerprint density at radius 3 is 2.43 bits per heavy atom. The van der Waals surface area contributed by atoms with Gasteiger partial charge in [0.25, 0.3) is 0 Å². The van der Waals surface area contributed by atoms with Crippen LogP contribution < -0.4 is 0 Å². The molecule has 10 heteroatoms. The second-order valence-corrected chi connectivity index (χ2v) is 13.7. The average molecular weight is 650 g/mol. The topological polar surface area (TPSA) is 117 Å². The number of ether oxygens (including phenoxy) is 2. The van der Waals surface area contributed by atoms with Gasteiger partial charge in [-0.2, -0.15) is 0 Å². The lowest BCUT2D eigenvalue weighted by Gasteiger charge is -2.41. The van der Waals surface area contributed by atoms with Crippen LogP contribution in [0.1, 0.15) is 78.4 Å². The molecule has 0 saturated carbocycles. The van der Waals surface area contributed by atoms with Crippen LogP contribution in [-0.2, 0) is 28.7 Å². The number of carbonyl (C=O) groups excluding carboxylic acids is 4. The number of cyclic esters (lactones) is 1. The lowest BCUT2D eigenvalue weighted by molar-refractivity contribution is -0.165. The second kappa shape index (κ2) is 14.3. The summed E-state index contributed by atoms with van der Waals surface area (Å²) in [6, 6.07) is 7.02. The van der Waals surface area contributed by atoms with E-state index in [1.165, 1.54) is 4.90 Å². The Hall–Kier alpha value is -3.50. The van der Waals surface area contributed by atoms with Crippen LogP contribution in [0.4, 0.5) is 0 Å². The number of hydrogen-bond acceptors (Lipinski definition) is 7. The van der Waals surface area contributed by atoms with Gasteiger partial charge in [0.2, 0.25) is 17.7 Å². The molecule has 0 aliphatic carbocycles. The molecule has 0 aromatic heterocycles. The van der Waals surface area contributed by atoms with Crippen LogP contribution in [0, 0.1) is 17.8 Å². The maximum absolute atomic E-state index is 14.9. The molecule has 3 amide bonds. The van der Waals surface area contributed by atoms with Crippen molar-refractivity contribution in [2.45, 2.75) is 109 Å². The Morgan fingerprint density at radius 1 is 1.04 bits per heavy atom. The Labute approximate surface area is 278 Å². The zero-order chi connectivity index (χ0) is 34.0. The number of aliphatic hydroxyl groups is 1. The molecule has 47 heavy (non-hydrogen) atoms. The molecule has 4 heterocycles. The molecule has 1 spiro atoms. The first-order valence-electron chi connectivity index (χ1n) is 17.3. The third kappa shape index (κ3) is 6.15. The van der Waals surface area contributed by atoms with E-state index in [1.54, 1.807) is 22.9 Å². The minimum absolute atomic E-state index is 0.0800. The fourth-order valence-corrected chi connectivity index (χ4v) is 7.99. The van der Waals surface area contributed by atoms with Crippen molar-refractivity contribution in [3.8, 4) is 0 Å². The highest BCUT2D eigenvalue weighted by Gasteiger charge is 2.73. The number of aliphatic hydroxyl groups excluding tert-OH is 1. The summed E-state index contributed by atoms with van der Waals surface area (Å²) in [5, 5.41) is 10.7. The molecule has 0 radical (unpaired) electrons. The quantitative estimate of drug-likeness (QED) is 0.334. The van der Waals surface area contributed by atoms with Crippen LogP contribution in [-0.4, -0.2) is 99.6 Å². The largest absolute Gasteiger partial charge is 0.455 e. The van der Waals surface area contributed by atoms with E-state index in [4.69, 9.17) is 9.47 Å². The molecule has 1 aromatic carbocycles. The number of nitrogens with zero attached hydrogens (tertiary/aromatic N) is 3. The van der Waals surface area contributed by atoms with Gasteiger partial charge >= 0.3 is 5.97 Å². The number of rotatable bonds is 8. The van der Waals surface area contributed by atoms with Crippen LogP contribution in [0.5, 0.6) is 0 Å². The number of esters is 1. The minimum Gasteiger partial charge on any atom is -0.455 e. The van der Waals surface area contributed by atoms with Gasteiger partial charge in [0.15, 0.2) is 0 Å². The molecule has 2 saturated heterocycles. The van der Waals surface area contributed by atoms with Gasteiger partial charge in [0, 0.05) is 26.1 Å². The fourth-order valence-electron chi connectivity index (χ4n) is 7.99. The Morgan fingerprint density at radius 2 is 1.77 bits per heavy atom. The first kappa shape index (κ1) is 34.8. The lowest BCUT2D eigenvalue weighted by atomic mass is 9.77. The van der Waals surface area contributed by atoms with Crippen molar-refractivity contribution in [2.75, 3.05) is 20.2 Å². The van der Waals surface area contributed by atoms with Crippen molar-refractivity contribution in [2.24, 2.45) is 17.8 Å². The number of likely N-dealkylation sites (tertiary alicyclic amines) is 1. The van der Waals surface area contributed by atoms with Crippen molar-refractivity contribution >= 4 is 23.7 Å². The Bertz CT molecular complexity index is 1380. The highest BCUT2D eigenvalue weighted by molar-refractivity contribution is 5.99. The molecule has 10 nitrogen and oxygen atoms in total. The number of fused-ring (bicyclic) bond motifs is 2. The smallest absolute Gasteiger partial charge is 0.313 e. The van der Waals surface area contributed by atoms with E-state index in [9.17, 15) is 24.3 Å². The third-order valence-corrected chi connectivity index (χ3v) is 11.0. The van der Waals surface area contributed by atoms with Gasteiger partial charge in [-0.15, -0.1) is 0 Å². The van der Waals surface area contributed by atoms with Crippen molar-refractivity contribution in [1.29, 1.82) is 0 Å². The standard InChI is InChI=1S/C37H51N3O7/c1-7-15-24(4)39-21-14-20-37-31(34(43)40(33(37)35(39)44)27(22-41)23(3)8-2)30-28(47-37)18-12-13-19-29(42)38(6)25(5)32(46-36(30)45)26-16-10-9-11-17-26/h9-12,14,16-18,20,23-25,27-28,30-33,41H,7-8,13,15,19,21-22H2,1-6H3/b18-12-/t23-,24?,25-,27-,28-,30+,31+,32+,33-,37+/m0/s1. The molecule has 0 bridgehead atoms. The second-order valence-electron chi connectivity index (χ2n) is 13.7. The summed E-state index contributed by atoms with van der Waals surface area (Å²) in [6.07, 6.45) is 8.64. The van der Waals surface area contributed by atoms with E-state index < -0.39 is 53.7 Å². The van der Waals surface area contributed by atoms with Crippen molar-refractivity contribution in [3.05, 3.63) is 60.2 Å². The van der Waals surface area contributed by atoms with E-state index in [0.717, 1.165) is 18.4 Å². The van der Waals surface area contributed by atoms with E-state index in [-0.39, 0.29) is 42.7 Å². The van der Waals surface area contributed by atoms with Crippen LogP contribution in [0.25, 0.3) is 0 Å². The maximum atomic E-state index is 14.9. The molecule has 10 atom stereocenters. The number of hydrogen-bond donors (Lipinski definition) is 1. The number of benzene rings is 1. The number of carbonyl (C=O) groups is 4. The van der Waals surface area contributed by atoms with Crippen LogP contribution >= 0.6 is 0 Å². The maximum Gasteiger partial charge on any atom is 0.313 e. The van der Waals surface area contributed by atoms with Gasteiger partial charge in [0.1, 0.15) is 23.7 Å². The Kier molecular flexibility index (Phi) is 10.6. The molecule has 5 rings (SSSR count). The molecule has 4 aliphatic heterocycles. The summed E-state index contributed by atoms with van der Waals surface area (Å²) in [4.78, 5) is 62.2. The van der Waals surface area contributed by atoms with Crippen molar-refractivity contribution in [3.63, 3.8) is 0 Å². The predicted molar refractivity (Wildman–Crippen MR) is 177 cm³/mol. The van der Waals surface area contributed by atoms with E-state index in [1.807, 2.05) is 76.3 Å². The summed E-state index contributed by atoms with van der Waals surface area (Å²) in [6.45, 7) is 9.91. The number of allylic oxidation sites excluding steroid dienone is 1. The number of amides is 3. The summed E-state index contributed by atoms with van der Waals surface area (Å²) in [5.41, 5.74) is -0.722. The molecule has 1 aromatic rings. The zero-order valence-electron chi connectivity index (χ0n) is 28.6. The van der Waals surface area contributed by atoms with E-state index >= 15 is 0 Å². The molecular formula is C37H51N3O7. The van der Waals surface area contributed by atoms with Crippen LogP contribution in [0.15, 0.2) is 54.6 Å². The first-order chi connectivity index (χ1) is 22.5. The van der Waals surface area contributed by atoms with Crippen LogP contribution in [0.2, 0.25) is 0 Å². The summed E-state index contributed by atoms with van der Waals surface area (Å²) >= 11 is 0. The zero-order valence-corrected chi connectivity index (χ0v) is 28.6. The normalized spacial score (nSPS) is 34.0. The molecule has 1 N–H and O–H groups in total. The summed E-state index contributed by atoms with van der Waals surface area (Å²) < 4.78 is 13.2. The average Bonchev–Trinajstić information content (AvgIpc) is 3.45. The SMILES string of the molecule is CCCC(C)N1CC=C[C@@]23O[C@H]4/C=C\CCC(=O)N(C)[C@@H](C)[C@H](c5ccccc5)OC(=O)[C@H]4[C@@H]2C(=O)N([C@@H](CO)[C@@H](C)CC)[C@H]3C1=O. The van der Waals surface area contributed by atoms with E-state index in [2.05, 4.69) is 6.92 Å². The molecule has 256 valence electrons. The molecule has 4 aliphatic rings. The highest BCUT2D eigenvalue weighted by Crippen LogP contribution is 2.54. The lowest BCUT2D eigenvalue weighted by Crippen LogP contribution is -2.60. The van der Waals surface area contributed by atoms with Crippen LogP contribution in [0.3, 0.4) is 0 Å². The van der Waals surface area contributed by atoms with Gasteiger partial charge in [-0.05, 0) is 38.2 Å². The van der Waals surface area contributed by atoms with Gasteiger partial charge < -0.3 is 29.3 Å². The minimum atomic E-state index is -1.45. The number of likely N-dealkylation sites (N-methyl/N-ethyl adjacent to an activating group) is 1. The summed E-state index contributed by atoms with van der Waals surface area (Å²) in [5.74, 6) is -3.56. The molecular weight excluding hydrogens is 598 g/mol. The molecule has 1 unspecified atom stereocenters. The van der Waals surface area contributed by atoms with Gasteiger partial charge in [-0.1, -0.05) is 88.2 Å². The summed E-state index contributed by atoms with van der Waals surface area (Å²) in [7, 11) is 1.71. The first-order valence-corrected chi connectivity index (χ1v) is 17.3. The monoisotopic (exact) mass is 649 g/mol. The van der Waals surface area contributed by atoms with Crippen molar-refractivity contribution in [1.82, 2.24) is 14.7 Å².